The Labute approximate surface area is 195 Å². The van der Waals surface area contributed by atoms with E-state index in [0.717, 1.165) is 32.5 Å². The second kappa shape index (κ2) is 11.3. The Morgan fingerprint density at radius 3 is 2.36 bits per heavy atom. The third-order valence-electron chi connectivity index (χ3n) is 6.60. The van der Waals surface area contributed by atoms with Gasteiger partial charge in [0.2, 0.25) is 17.8 Å². The average Bonchev–Trinajstić information content (AvgIpc) is 3.12. The SMILES string of the molecule is CCN1CCCC1CNc1nc(Nc2ccc(C(=O)[O-])cc2)nc(NC2CCCCCC2)n1. The van der Waals surface area contributed by atoms with Gasteiger partial charge in [-0.15, -0.1) is 0 Å². The number of hydrogen-bond acceptors (Lipinski definition) is 9. The third kappa shape index (κ3) is 6.54. The fourth-order valence-corrected chi connectivity index (χ4v) is 4.75. The van der Waals surface area contributed by atoms with Crippen molar-refractivity contribution in [3.05, 3.63) is 29.8 Å². The van der Waals surface area contributed by atoms with Crippen LogP contribution in [0.4, 0.5) is 23.5 Å². The van der Waals surface area contributed by atoms with Crippen LogP contribution in [0, 0.1) is 0 Å². The van der Waals surface area contributed by atoms with Crippen LogP contribution >= 0.6 is 0 Å². The molecule has 1 aliphatic carbocycles. The van der Waals surface area contributed by atoms with Gasteiger partial charge in [0, 0.05) is 24.3 Å². The fourth-order valence-electron chi connectivity index (χ4n) is 4.75. The lowest BCUT2D eigenvalue weighted by atomic mass is 10.1. The lowest BCUT2D eigenvalue weighted by Gasteiger charge is -2.23. The molecule has 2 aliphatic rings. The Morgan fingerprint density at radius 2 is 1.67 bits per heavy atom. The molecule has 4 rings (SSSR count). The minimum absolute atomic E-state index is 0.131. The van der Waals surface area contributed by atoms with Gasteiger partial charge in [-0.2, -0.15) is 15.0 Å². The topological polar surface area (TPSA) is 118 Å². The van der Waals surface area contributed by atoms with Crippen molar-refractivity contribution in [2.75, 3.05) is 35.6 Å². The van der Waals surface area contributed by atoms with Gasteiger partial charge in [0.25, 0.3) is 0 Å². The number of anilines is 4. The number of carboxylic acid groups (broad SMARTS) is 1. The summed E-state index contributed by atoms with van der Waals surface area (Å²) in [6, 6.07) is 7.21. The fraction of sp³-hybridized carbons (Fsp3) is 0.583. The van der Waals surface area contributed by atoms with Crippen molar-refractivity contribution in [2.24, 2.45) is 0 Å². The molecular weight excluding hydrogens is 418 g/mol. The number of nitrogens with zero attached hydrogens (tertiary/aromatic N) is 4. The van der Waals surface area contributed by atoms with Gasteiger partial charge in [0.15, 0.2) is 0 Å². The summed E-state index contributed by atoms with van der Waals surface area (Å²) in [6.07, 6.45) is 9.65. The Kier molecular flexibility index (Phi) is 7.93. The lowest BCUT2D eigenvalue weighted by Crippen LogP contribution is -2.35. The maximum atomic E-state index is 11.0. The normalized spacial score (nSPS) is 19.7. The number of nitrogens with one attached hydrogen (secondary N) is 3. The quantitative estimate of drug-likeness (QED) is 0.493. The molecular formula is C24H34N7O2-. The Hall–Kier alpha value is -2.94. The highest BCUT2D eigenvalue weighted by atomic mass is 16.4. The van der Waals surface area contributed by atoms with Crippen molar-refractivity contribution in [3.8, 4) is 0 Å². The van der Waals surface area contributed by atoms with Gasteiger partial charge in [-0.1, -0.05) is 44.7 Å². The molecule has 1 aromatic carbocycles. The van der Waals surface area contributed by atoms with Crippen molar-refractivity contribution in [1.82, 2.24) is 19.9 Å². The minimum atomic E-state index is -1.20. The van der Waals surface area contributed by atoms with Crippen LogP contribution in [0.15, 0.2) is 24.3 Å². The summed E-state index contributed by atoms with van der Waals surface area (Å²) in [6.45, 7) is 5.18. The van der Waals surface area contributed by atoms with Gasteiger partial charge in [0.1, 0.15) is 0 Å². The molecule has 1 unspecified atom stereocenters. The standard InChI is InChI=1S/C24H35N7O2/c1-2-31-15-7-10-20(31)16-25-22-28-23(26-18-8-5-3-4-6-9-18)30-24(29-22)27-19-13-11-17(12-14-19)21(32)33/h11-14,18,20H,2-10,15-16H2,1H3,(H,32,33)(H3,25,26,27,28,29,30)/p-1. The van der Waals surface area contributed by atoms with E-state index in [9.17, 15) is 9.90 Å². The zero-order valence-corrected chi connectivity index (χ0v) is 19.3. The summed E-state index contributed by atoms with van der Waals surface area (Å²) in [7, 11) is 0. The van der Waals surface area contributed by atoms with Crippen LogP contribution in [0.5, 0.6) is 0 Å². The van der Waals surface area contributed by atoms with Gasteiger partial charge in [-0.3, -0.25) is 4.90 Å². The summed E-state index contributed by atoms with van der Waals surface area (Å²) < 4.78 is 0. The number of carboxylic acids is 1. The molecule has 178 valence electrons. The third-order valence-corrected chi connectivity index (χ3v) is 6.60. The molecule has 0 spiro atoms. The highest BCUT2D eigenvalue weighted by Gasteiger charge is 2.23. The molecule has 2 fully saturated rings. The predicted octanol–water partition coefficient (Wildman–Crippen LogP) is 3.01. The molecule has 0 radical (unpaired) electrons. The second-order valence-corrected chi connectivity index (χ2v) is 8.93. The first kappa shape index (κ1) is 23.2. The highest BCUT2D eigenvalue weighted by molar-refractivity contribution is 5.86. The summed E-state index contributed by atoms with van der Waals surface area (Å²) in [5.74, 6) is 0.324. The van der Waals surface area contributed by atoms with Crippen molar-refractivity contribution in [3.63, 3.8) is 0 Å². The number of hydrogen-bond donors (Lipinski definition) is 3. The van der Waals surface area contributed by atoms with E-state index in [2.05, 4.69) is 42.7 Å². The molecule has 1 atom stereocenters. The van der Waals surface area contributed by atoms with Gasteiger partial charge >= 0.3 is 0 Å². The van der Waals surface area contributed by atoms with Crippen LogP contribution in [0.25, 0.3) is 0 Å². The highest BCUT2D eigenvalue weighted by Crippen LogP contribution is 2.22. The van der Waals surface area contributed by atoms with E-state index < -0.39 is 5.97 Å². The first-order valence-electron chi connectivity index (χ1n) is 12.2. The molecule has 0 amide bonds. The number of rotatable bonds is 9. The predicted molar refractivity (Wildman–Crippen MR) is 128 cm³/mol. The van der Waals surface area contributed by atoms with E-state index >= 15 is 0 Å². The maximum absolute atomic E-state index is 11.0. The molecule has 9 nitrogen and oxygen atoms in total. The molecule has 33 heavy (non-hydrogen) atoms. The maximum Gasteiger partial charge on any atom is 0.233 e. The molecule has 9 heteroatoms. The van der Waals surface area contributed by atoms with Crippen molar-refractivity contribution in [1.29, 1.82) is 0 Å². The summed E-state index contributed by atoms with van der Waals surface area (Å²) in [5, 5.41) is 21.1. The number of aromatic nitrogens is 3. The van der Waals surface area contributed by atoms with Crippen LogP contribution in [-0.4, -0.2) is 57.5 Å². The molecule has 1 aromatic heterocycles. The van der Waals surface area contributed by atoms with E-state index in [1.807, 2.05) is 0 Å². The van der Waals surface area contributed by atoms with Gasteiger partial charge < -0.3 is 25.9 Å². The Morgan fingerprint density at radius 1 is 0.970 bits per heavy atom. The van der Waals surface area contributed by atoms with Crippen molar-refractivity contribution in [2.45, 2.75) is 70.4 Å². The van der Waals surface area contributed by atoms with E-state index in [1.54, 1.807) is 12.1 Å². The average molecular weight is 453 g/mol. The minimum Gasteiger partial charge on any atom is -0.545 e. The number of likely N-dealkylation sites (N-methyl/N-ethyl adjacent to an activating group) is 1. The number of carbonyl (C=O) groups is 1. The van der Waals surface area contributed by atoms with Crippen LogP contribution < -0.4 is 21.1 Å². The molecule has 1 saturated carbocycles. The number of benzene rings is 1. The van der Waals surface area contributed by atoms with Crippen molar-refractivity contribution >= 4 is 29.5 Å². The van der Waals surface area contributed by atoms with E-state index in [0.29, 0.717) is 35.6 Å². The second-order valence-electron chi connectivity index (χ2n) is 8.93. The van der Waals surface area contributed by atoms with Crippen LogP contribution in [0.2, 0.25) is 0 Å². The Balaban J connectivity index is 1.50. The number of carbonyl (C=O) groups excluding carboxylic acids is 1. The van der Waals surface area contributed by atoms with Crippen molar-refractivity contribution < 1.29 is 9.90 Å². The molecule has 2 heterocycles. The Bertz CT molecular complexity index is 914. The van der Waals surface area contributed by atoms with Crippen LogP contribution in [-0.2, 0) is 0 Å². The van der Waals surface area contributed by atoms with Gasteiger partial charge in [-0.05, 0) is 56.5 Å². The first-order valence-corrected chi connectivity index (χ1v) is 12.2. The summed E-state index contributed by atoms with van der Waals surface area (Å²) in [4.78, 5) is 27.3. The monoisotopic (exact) mass is 452 g/mol. The van der Waals surface area contributed by atoms with Gasteiger partial charge in [-0.25, -0.2) is 0 Å². The zero-order valence-electron chi connectivity index (χ0n) is 19.3. The molecule has 1 aliphatic heterocycles. The largest absolute Gasteiger partial charge is 0.545 e. The van der Waals surface area contributed by atoms with E-state index in [-0.39, 0.29) is 5.56 Å². The molecule has 2 aromatic rings. The lowest BCUT2D eigenvalue weighted by molar-refractivity contribution is -0.255. The molecule has 3 N–H and O–H groups in total. The summed E-state index contributed by atoms with van der Waals surface area (Å²) >= 11 is 0. The smallest absolute Gasteiger partial charge is 0.233 e. The molecule has 1 saturated heterocycles. The van der Waals surface area contributed by atoms with Crippen LogP contribution in [0.1, 0.15) is 68.6 Å². The van der Waals surface area contributed by atoms with E-state index in [4.69, 9.17) is 0 Å². The van der Waals surface area contributed by atoms with Gasteiger partial charge in [0.05, 0.1) is 5.97 Å². The zero-order chi connectivity index (χ0) is 23.0. The molecule has 0 bridgehead atoms. The summed E-state index contributed by atoms with van der Waals surface area (Å²) in [5.41, 5.74) is 0.830. The first-order chi connectivity index (χ1) is 16.1. The van der Waals surface area contributed by atoms with E-state index in [1.165, 1.54) is 50.7 Å². The number of likely N-dealkylation sites (tertiary alicyclic amines) is 1. The number of aromatic carboxylic acids is 1. The van der Waals surface area contributed by atoms with Crippen LogP contribution in [0.3, 0.4) is 0 Å².